The standard InChI is InChI=1S/C14H13NO4S/c1-10-6-11(8-15-7-10)9-20(18,19)13-4-2-12(3-5-13)14(16)17/h2-8H,9H2,1H3,(H,16,17). The summed E-state index contributed by atoms with van der Waals surface area (Å²) in [7, 11) is -3.51. The summed E-state index contributed by atoms with van der Waals surface area (Å²) in [6.07, 6.45) is 3.16. The molecule has 0 amide bonds. The van der Waals surface area contributed by atoms with Gasteiger partial charge < -0.3 is 5.11 Å². The molecule has 0 aliphatic rings. The number of rotatable bonds is 4. The number of benzene rings is 1. The number of aromatic nitrogens is 1. The van der Waals surface area contributed by atoms with Crippen molar-refractivity contribution in [2.75, 3.05) is 0 Å². The first-order valence-corrected chi connectivity index (χ1v) is 7.50. The molecule has 0 unspecified atom stereocenters. The molecule has 0 bridgehead atoms. The summed E-state index contributed by atoms with van der Waals surface area (Å²) in [5, 5.41) is 8.79. The lowest BCUT2D eigenvalue weighted by Gasteiger charge is -2.05. The van der Waals surface area contributed by atoms with Crippen molar-refractivity contribution in [3.63, 3.8) is 0 Å². The maximum absolute atomic E-state index is 12.2. The van der Waals surface area contributed by atoms with Gasteiger partial charge >= 0.3 is 5.97 Å². The van der Waals surface area contributed by atoms with Crippen LogP contribution >= 0.6 is 0 Å². The number of sulfone groups is 1. The SMILES string of the molecule is Cc1cncc(CS(=O)(=O)c2ccc(C(=O)O)cc2)c1. The number of aryl methyl sites for hydroxylation is 1. The molecule has 6 heteroatoms. The van der Waals surface area contributed by atoms with Crippen LogP contribution in [0.4, 0.5) is 0 Å². The molecule has 1 aromatic carbocycles. The Morgan fingerprint density at radius 3 is 2.40 bits per heavy atom. The second kappa shape index (κ2) is 5.42. The average molecular weight is 291 g/mol. The predicted octanol–water partition coefficient (Wildman–Crippen LogP) is 2.06. The van der Waals surface area contributed by atoms with E-state index in [9.17, 15) is 13.2 Å². The Balaban J connectivity index is 2.28. The molecule has 0 saturated heterocycles. The number of carboxylic acids is 1. The number of carboxylic acid groups (broad SMARTS) is 1. The minimum absolute atomic E-state index is 0.0566. The van der Waals surface area contributed by atoms with E-state index in [-0.39, 0.29) is 16.2 Å². The lowest BCUT2D eigenvalue weighted by Crippen LogP contribution is -2.06. The third-order valence-corrected chi connectivity index (χ3v) is 4.45. The van der Waals surface area contributed by atoms with Gasteiger partial charge in [-0.15, -0.1) is 0 Å². The lowest BCUT2D eigenvalue weighted by molar-refractivity contribution is 0.0696. The van der Waals surface area contributed by atoms with Crippen molar-refractivity contribution >= 4 is 15.8 Å². The Hall–Kier alpha value is -2.21. The summed E-state index contributed by atoms with van der Waals surface area (Å²) in [6, 6.07) is 6.94. The molecule has 1 aromatic heterocycles. The molecule has 104 valence electrons. The van der Waals surface area contributed by atoms with Crippen molar-refractivity contribution < 1.29 is 18.3 Å². The van der Waals surface area contributed by atoms with Crippen LogP contribution in [0.2, 0.25) is 0 Å². The van der Waals surface area contributed by atoms with Crippen LogP contribution in [-0.4, -0.2) is 24.5 Å². The lowest BCUT2D eigenvalue weighted by atomic mass is 10.2. The number of aromatic carboxylic acids is 1. The minimum Gasteiger partial charge on any atom is -0.478 e. The van der Waals surface area contributed by atoms with Gasteiger partial charge in [0.2, 0.25) is 0 Å². The molecule has 0 fully saturated rings. The molecular weight excluding hydrogens is 278 g/mol. The number of hydrogen-bond donors (Lipinski definition) is 1. The van der Waals surface area contributed by atoms with Crippen LogP contribution < -0.4 is 0 Å². The average Bonchev–Trinajstić information content (AvgIpc) is 2.38. The van der Waals surface area contributed by atoms with Gasteiger partial charge in [0.15, 0.2) is 9.84 Å². The Labute approximate surface area is 116 Å². The Morgan fingerprint density at radius 1 is 1.20 bits per heavy atom. The van der Waals surface area contributed by atoms with Crippen LogP contribution in [-0.2, 0) is 15.6 Å². The summed E-state index contributed by atoms with van der Waals surface area (Å²) >= 11 is 0. The molecule has 0 aliphatic carbocycles. The van der Waals surface area contributed by atoms with E-state index in [4.69, 9.17) is 5.11 Å². The van der Waals surface area contributed by atoms with Crippen LogP contribution in [0.5, 0.6) is 0 Å². The van der Waals surface area contributed by atoms with Crippen molar-refractivity contribution in [3.05, 3.63) is 59.4 Å². The second-order valence-corrected chi connectivity index (χ2v) is 6.45. The molecule has 0 atom stereocenters. The molecule has 0 saturated carbocycles. The van der Waals surface area contributed by atoms with Gasteiger partial charge in [0.25, 0.3) is 0 Å². The first-order chi connectivity index (χ1) is 9.38. The molecular formula is C14H13NO4S. The van der Waals surface area contributed by atoms with Crippen LogP contribution in [0.25, 0.3) is 0 Å². The third-order valence-electron chi connectivity index (χ3n) is 2.75. The quantitative estimate of drug-likeness (QED) is 0.932. The summed E-state index contributed by atoms with van der Waals surface area (Å²) in [6.45, 7) is 1.84. The smallest absolute Gasteiger partial charge is 0.335 e. The molecule has 0 radical (unpaired) electrons. The largest absolute Gasteiger partial charge is 0.478 e. The highest BCUT2D eigenvalue weighted by molar-refractivity contribution is 7.90. The fourth-order valence-corrected chi connectivity index (χ4v) is 3.12. The van der Waals surface area contributed by atoms with Crippen molar-refractivity contribution in [1.82, 2.24) is 4.98 Å². The Kier molecular flexibility index (Phi) is 3.85. The van der Waals surface area contributed by atoms with Crippen LogP contribution in [0.3, 0.4) is 0 Å². The van der Waals surface area contributed by atoms with E-state index in [1.807, 2.05) is 6.92 Å². The highest BCUT2D eigenvalue weighted by Crippen LogP contribution is 2.17. The zero-order valence-electron chi connectivity index (χ0n) is 10.8. The fraction of sp³-hybridized carbons (Fsp3) is 0.143. The molecule has 1 N–H and O–H groups in total. The summed E-state index contributed by atoms with van der Waals surface area (Å²) in [5.74, 6) is -1.24. The van der Waals surface area contributed by atoms with Gasteiger partial charge in [-0.1, -0.05) is 6.07 Å². The van der Waals surface area contributed by atoms with Crippen molar-refractivity contribution in [3.8, 4) is 0 Å². The Morgan fingerprint density at radius 2 is 1.85 bits per heavy atom. The Bertz CT molecular complexity index is 736. The zero-order chi connectivity index (χ0) is 14.8. The highest BCUT2D eigenvalue weighted by Gasteiger charge is 2.16. The monoisotopic (exact) mass is 291 g/mol. The fourth-order valence-electron chi connectivity index (χ4n) is 1.80. The topological polar surface area (TPSA) is 84.3 Å². The van der Waals surface area contributed by atoms with E-state index < -0.39 is 15.8 Å². The van der Waals surface area contributed by atoms with E-state index in [2.05, 4.69) is 4.98 Å². The molecule has 5 nitrogen and oxygen atoms in total. The normalized spacial score (nSPS) is 11.2. The van der Waals surface area contributed by atoms with Gasteiger partial charge in [-0.05, 0) is 42.3 Å². The van der Waals surface area contributed by atoms with Gasteiger partial charge in [0.05, 0.1) is 16.2 Å². The van der Waals surface area contributed by atoms with Crippen LogP contribution in [0.1, 0.15) is 21.5 Å². The first kappa shape index (κ1) is 14.2. The number of carbonyl (C=O) groups is 1. The zero-order valence-corrected chi connectivity index (χ0v) is 11.6. The predicted molar refractivity (Wildman–Crippen MR) is 73.3 cm³/mol. The van der Waals surface area contributed by atoms with Crippen molar-refractivity contribution in [2.24, 2.45) is 0 Å². The van der Waals surface area contributed by atoms with Crippen LogP contribution in [0.15, 0.2) is 47.6 Å². The number of pyridine rings is 1. The van der Waals surface area contributed by atoms with E-state index in [1.165, 1.54) is 30.5 Å². The maximum atomic E-state index is 12.2. The molecule has 2 rings (SSSR count). The van der Waals surface area contributed by atoms with Gasteiger partial charge in [0.1, 0.15) is 0 Å². The van der Waals surface area contributed by atoms with E-state index in [0.717, 1.165) is 5.56 Å². The third kappa shape index (κ3) is 3.21. The molecule has 2 aromatic rings. The molecule has 0 spiro atoms. The highest BCUT2D eigenvalue weighted by atomic mass is 32.2. The van der Waals surface area contributed by atoms with Gasteiger partial charge in [-0.2, -0.15) is 0 Å². The van der Waals surface area contributed by atoms with Crippen molar-refractivity contribution in [2.45, 2.75) is 17.6 Å². The minimum atomic E-state index is -3.51. The first-order valence-electron chi connectivity index (χ1n) is 5.85. The van der Waals surface area contributed by atoms with Gasteiger partial charge in [-0.25, -0.2) is 13.2 Å². The van der Waals surface area contributed by atoms with Gasteiger partial charge in [-0.3, -0.25) is 4.98 Å². The van der Waals surface area contributed by atoms with Crippen LogP contribution in [0, 0.1) is 6.92 Å². The van der Waals surface area contributed by atoms with Crippen molar-refractivity contribution in [1.29, 1.82) is 0 Å². The number of nitrogens with zero attached hydrogens (tertiary/aromatic N) is 1. The molecule has 0 aliphatic heterocycles. The van der Waals surface area contributed by atoms with E-state index in [0.29, 0.717) is 5.56 Å². The van der Waals surface area contributed by atoms with E-state index in [1.54, 1.807) is 12.3 Å². The molecule has 20 heavy (non-hydrogen) atoms. The van der Waals surface area contributed by atoms with Gasteiger partial charge in [0, 0.05) is 12.4 Å². The summed E-state index contributed by atoms with van der Waals surface area (Å²) < 4.78 is 24.4. The number of hydrogen-bond acceptors (Lipinski definition) is 4. The summed E-state index contributed by atoms with van der Waals surface area (Å²) in [5.41, 5.74) is 1.55. The summed E-state index contributed by atoms with van der Waals surface area (Å²) in [4.78, 5) is 14.8. The van der Waals surface area contributed by atoms with E-state index >= 15 is 0 Å². The second-order valence-electron chi connectivity index (χ2n) is 4.46. The molecule has 1 heterocycles. The maximum Gasteiger partial charge on any atom is 0.335 e.